The summed E-state index contributed by atoms with van der Waals surface area (Å²) in [7, 11) is 0. The van der Waals surface area contributed by atoms with Gasteiger partial charge in [0.05, 0.1) is 0 Å². The molecule has 8 atom stereocenters. The molecule has 5 fully saturated rings. The van der Waals surface area contributed by atoms with Crippen LogP contribution in [0.15, 0.2) is 11.6 Å². The monoisotopic (exact) mass is 356 g/mol. The fraction of sp³-hybridized carbons (Fsp3) is 0.826. The van der Waals surface area contributed by atoms with E-state index >= 15 is 0 Å². The van der Waals surface area contributed by atoms with Crippen LogP contribution in [0.3, 0.4) is 0 Å². The van der Waals surface area contributed by atoms with Crippen LogP contribution in [0.1, 0.15) is 72.6 Å². The molecule has 0 bridgehead atoms. The average Bonchev–Trinajstić information content (AvgIpc) is 3.27. The van der Waals surface area contributed by atoms with Gasteiger partial charge in [-0.1, -0.05) is 33.3 Å². The Kier molecular flexibility index (Phi) is 3.36. The highest BCUT2D eigenvalue weighted by atomic mass is 16.6. The number of fused-ring (bicyclic) bond motifs is 4. The van der Waals surface area contributed by atoms with Crippen molar-refractivity contribution in [3.8, 4) is 0 Å². The third-order valence-electron chi connectivity index (χ3n) is 9.73. The SMILES string of the molecule is CC=C1C[C@@H]2[C@@H](CC[C@]3(C)C(CC)CC[C@@H]23)[C@@]2(C)CC(=O)C(=O)C3OC132. The van der Waals surface area contributed by atoms with Crippen molar-refractivity contribution in [3.05, 3.63) is 11.6 Å². The van der Waals surface area contributed by atoms with Gasteiger partial charge in [0, 0.05) is 11.8 Å². The molecule has 5 aliphatic rings. The molecule has 3 unspecified atom stereocenters. The van der Waals surface area contributed by atoms with Crippen LogP contribution in [-0.4, -0.2) is 23.3 Å². The summed E-state index contributed by atoms with van der Waals surface area (Å²) < 4.78 is 6.15. The first-order valence-corrected chi connectivity index (χ1v) is 10.7. The number of hydrogen-bond acceptors (Lipinski definition) is 3. The van der Waals surface area contributed by atoms with E-state index < -0.39 is 11.7 Å². The van der Waals surface area contributed by atoms with Gasteiger partial charge in [0.1, 0.15) is 5.60 Å². The Morgan fingerprint density at radius 3 is 2.62 bits per heavy atom. The number of ketones is 2. The molecule has 1 saturated heterocycles. The van der Waals surface area contributed by atoms with Crippen molar-refractivity contribution in [1.82, 2.24) is 0 Å². The molecule has 0 amide bonds. The van der Waals surface area contributed by atoms with Crippen LogP contribution < -0.4 is 0 Å². The molecule has 1 aliphatic heterocycles. The van der Waals surface area contributed by atoms with E-state index in [0.29, 0.717) is 23.7 Å². The number of rotatable bonds is 1. The molecule has 26 heavy (non-hydrogen) atoms. The molecular weight excluding hydrogens is 324 g/mol. The van der Waals surface area contributed by atoms with E-state index in [1.807, 2.05) is 0 Å². The molecule has 3 nitrogen and oxygen atoms in total. The van der Waals surface area contributed by atoms with Crippen LogP contribution >= 0.6 is 0 Å². The van der Waals surface area contributed by atoms with Gasteiger partial charge in [-0.25, -0.2) is 0 Å². The van der Waals surface area contributed by atoms with Crippen molar-refractivity contribution < 1.29 is 14.3 Å². The highest BCUT2D eigenvalue weighted by Gasteiger charge is 2.79. The first-order valence-electron chi connectivity index (χ1n) is 10.7. The lowest BCUT2D eigenvalue weighted by Gasteiger charge is -2.59. The van der Waals surface area contributed by atoms with Gasteiger partial charge in [0.2, 0.25) is 11.6 Å². The van der Waals surface area contributed by atoms with Crippen molar-refractivity contribution in [1.29, 1.82) is 0 Å². The summed E-state index contributed by atoms with van der Waals surface area (Å²) in [6.45, 7) is 9.26. The Morgan fingerprint density at radius 1 is 1.15 bits per heavy atom. The van der Waals surface area contributed by atoms with Crippen LogP contribution in [0.4, 0.5) is 0 Å². The summed E-state index contributed by atoms with van der Waals surface area (Å²) in [5, 5.41) is 0. The van der Waals surface area contributed by atoms with Gasteiger partial charge in [-0.15, -0.1) is 0 Å². The van der Waals surface area contributed by atoms with Crippen molar-refractivity contribution in [2.45, 2.75) is 84.3 Å². The summed E-state index contributed by atoms with van der Waals surface area (Å²) in [4.78, 5) is 24.9. The van der Waals surface area contributed by atoms with E-state index in [0.717, 1.165) is 18.3 Å². The smallest absolute Gasteiger partial charge is 0.230 e. The second-order valence-corrected chi connectivity index (χ2v) is 10.2. The summed E-state index contributed by atoms with van der Waals surface area (Å²) >= 11 is 0. The van der Waals surface area contributed by atoms with Gasteiger partial charge in [-0.2, -0.15) is 0 Å². The third-order valence-corrected chi connectivity index (χ3v) is 9.73. The number of carbonyl (C=O) groups excluding carboxylic acids is 2. The van der Waals surface area contributed by atoms with E-state index in [2.05, 4.69) is 33.8 Å². The maximum atomic E-state index is 12.5. The Morgan fingerprint density at radius 2 is 1.92 bits per heavy atom. The lowest BCUT2D eigenvalue weighted by molar-refractivity contribution is -0.145. The quantitative estimate of drug-likeness (QED) is 0.395. The predicted molar refractivity (Wildman–Crippen MR) is 99.5 cm³/mol. The third kappa shape index (κ3) is 1.70. The Bertz CT molecular complexity index is 723. The van der Waals surface area contributed by atoms with Crippen LogP contribution in [0.25, 0.3) is 0 Å². The summed E-state index contributed by atoms with van der Waals surface area (Å²) in [6, 6.07) is 0. The van der Waals surface area contributed by atoms with Gasteiger partial charge in [-0.3, -0.25) is 9.59 Å². The second kappa shape index (κ2) is 5.10. The van der Waals surface area contributed by atoms with Gasteiger partial charge in [0.15, 0.2) is 6.10 Å². The van der Waals surface area contributed by atoms with Crippen molar-refractivity contribution in [2.75, 3.05) is 0 Å². The first-order chi connectivity index (χ1) is 12.3. The van der Waals surface area contributed by atoms with Crippen molar-refractivity contribution in [2.24, 2.45) is 34.5 Å². The summed E-state index contributed by atoms with van der Waals surface area (Å²) in [6.07, 6.45) is 9.66. The van der Waals surface area contributed by atoms with E-state index in [4.69, 9.17) is 4.74 Å². The molecule has 1 heterocycles. The number of carbonyl (C=O) groups is 2. The molecule has 5 rings (SSSR count). The number of allylic oxidation sites excluding steroid dienone is 1. The van der Waals surface area contributed by atoms with Crippen molar-refractivity contribution >= 4 is 11.6 Å². The number of hydrogen-bond donors (Lipinski definition) is 0. The predicted octanol–water partition coefficient (Wildman–Crippen LogP) is 4.49. The normalized spacial score (nSPS) is 56.6. The summed E-state index contributed by atoms with van der Waals surface area (Å²) in [5.74, 6) is 2.33. The fourth-order valence-electron chi connectivity index (χ4n) is 8.42. The maximum Gasteiger partial charge on any atom is 0.230 e. The molecule has 0 aromatic carbocycles. The van der Waals surface area contributed by atoms with Crippen molar-refractivity contribution in [3.63, 3.8) is 0 Å². The zero-order valence-electron chi connectivity index (χ0n) is 16.6. The van der Waals surface area contributed by atoms with Crippen LogP contribution in [0.2, 0.25) is 0 Å². The minimum absolute atomic E-state index is 0.187. The minimum atomic E-state index is -0.485. The highest BCUT2D eigenvalue weighted by molar-refractivity contribution is 6.41. The highest BCUT2D eigenvalue weighted by Crippen LogP contribution is 2.73. The zero-order valence-corrected chi connectivity index (χ0v) is 16.6. The Labute approximate surface area is 156 Å². The van der Waals surface area contributed by atoms with Crippen LogP contribution in [0, 0.1) is 34.5 Å². The molecule has 0 aromatic heterocycles. The first kappa shape index (κ1) is 17.2. The topological polar surface area (TPSA) is 46.7 Å². The largest absolute Gasteiger partial charge is 0.352 e. The second-order valence-electron chi connectivity index (χ2n) is 10.2. The van der Waals surface area contributed by atoms with Gasteiger partial charge in [-0.05, 0) is 73.7 Å². The molecule has 3 heteroatoms. The van der Waals surface area contributed by atoms with Gasteiger partial charge < -0.3 is 4.74 Å². The Hall–Kier alpha value is -0.960. The number of Topliss-reactive ketones (excluding diaryl/α,β-unsaturated/α-hetero) is 2. The van der Waals surface area contributed by atoms with Gasteiger partial charge in [0.25, 0.3) is 0 Å². The van der Waals surface area contributed by atoms with Crippen LogP contribution in [-0.2, 0) is 14.3 Å². The molecule has 0 radical (unpaired) electrons. The van der Waals surface area contributed by atoms with E-state index in [9.17, 15) is 9.59 Å². The lowest BCUT2D eigenvalue weighted by Crippen LogP contribution is -2.60. The fourth-order valence-corrected chi connectivity index (χ4v) is 8.42. The molecule has 142 valence electrons. The minimum Gasteiger partial charge on any atom is -0.352 e. The standard InChI is InChI=1S/C23H32O3/c1-5-13-7-8-16-15-11-14(6-2)23-20(26-23)19(25)18(24)12-22(23,4)17(15)9-10-21(13,16)3/h6,13,15-17,20H,5,7-12H2,1-4H3/t13?,15-,16-,17+,20?,21+,22+,23?/m0/s1. The maximum absolute atomic E-state index is 12.5. The number of ether oxygens (including phenoxy) is 1. The molecule has 1 spiro atoms. The zero-order chi connectivity index (χ0) is 18.5. The molecule has 4 aliphatic carbocycles. The van der Waals surface area contributed by atoms with E-state index in [1.165, 1.54) is 37.7 Å². The van der Waals surface area contributed by atoms with E-state index in [1.54, 1.807) is 0 Å². The molecule has 0 N–H and O–H groups in total. The summed E-state index contributed by atoms with van der Waals surface area (Å²) in [5.41, 5.74) is 1.13. The van der Waals surface area contributed by atoms with E-state index in [-0.39, 0.29) is 17.0 Å². The van der Waals surface area contributed by atoms with Gasteiger partial charge >= 0.3 is 0 Å². The average molecular weight is 357 g/mol. The molecular formula is C23H32O3. The lowest BCUT2D eigenvalue weighted by atomic mass is 9.43. The molecule has 0 aromatic rings. The van der Waals surface area contributed by atoms with Crippen LogP contribution in [0.5, 0.6) is 0 Å². The molecule has 4 saturated carbocycles. The Balaban J connectivity index is 1.58. The number of epoxide rings is 1.